The summed E-state index contributed by atoms with van der Waals surface area (Å²) in [5.74, 6) is 0.172. The van der Waals surface area contributed by atoms with E-state index in [1.54, 1.807) is 0 Å². The van der Waals surface area contributed by atoms with Crippen LogP contribution in [-0.2, 0) is 0 Å². The second-order valence-electron chi connectivity index (χ2n) is 1.91. The van der Waals surface area contributed by atoms with Crippen molar-refractivity contribution in [1.82, 2.24) is 4.98 Å². The van der Waals surface area contributed by atoms with Gasteiger partial charge in [-0.2, -0.15) is 0 Å². The molecule has 11 heavy (non-hydrogen) atoms. The van der Waals surface area contributed by atoms with Gasteiger partial charge in [0.05, 0.1) is 18.9 Å². The van der Waals surface area contributed by atoms with Gasteiger partial charge in [0, 0.05) is 0 Å². The van der Waals surface area contributed by atoms with E-state index >= 15 is 0 Å². The molecule has 0 saturated carbocycles. The van der Waals surface area contributed by atoms with Gasteiger partial charge >= 0.3 is 0 Å². The zero-order chi connectivity index (χ0) is 8.27. The molecule has 0 atom stereocenters. The fraction of sp³-hybridized carbons (Fsp3) is 0.143. The van der Waals surface area contributed by atoms with Crippen LogP contribution in [0.4, 0.5) is 0 Å². The van der Waals surface area contributed by atoms with E-state index in [2.05, 4.69) is 4.98 Å². The van der Waals surface area contributed by atoms with Crippen LogP contribution in [0.15, 0.2) is 12.3 Å². The van der Waals surface area contributed by atoms with E-state index in [0.29, 0.717) is 6.29 Å². The lowest BCUT2D eigenvalue weighted by Crippen LogP contribution is -1.92. The molecule has 1 aromatic heterocycles. The molecule has 0 radical (unpaired) electrons. The van der Waals surface area contributed by atoms with Gasteiger partial charge in [-0.1, -0.05) is 0 Å². The molecular formula is C7H7NO3. The Labute approximate surface area is 63.5 Å². The van der Waals surface area contributed by atoms with Crippen molar-refractivity contribution in [3.05, 3.63) is 17.8 Å². The van der Waals surface area contributed by atoms with Crippen molar-refractivity contribution in [3.8, 4) is 11.6 Å². The highest BCUT2D eigenvalue weighted by Crippen LogP contribution is 2.16. The summed E-state index contributed by atoms with van der Waals surface area (Å²) in [6.07, 6.45) is 1.79. The molecule has 1 N–H and O–H groups in total. The van der Waals surface area contributed by atoms with Crippen molar-refractivity contribution in [2.45, 2.75) is 0 Å². The summed E-state index contributed by atoms with van der Waals surface area (Å²) in [7, 11) is 1.41. The summed E-state index contributed by atoms with van der Waals surface area (Å²) >= 11 is 0. The number of carbonyl (C=O) groups is 1. The van der Waals surface area contributed by atoms with E-state index < -0.39 is 0 Å². The lowest BCUT2D eigenvalue weighted by Gasteiger charge is -2.00. The SMILES string of the molecule is COc1ncc(O)cc1C=O. The molecule has 0 amide bonds. The average Bonchev–Trinajstić information content (AvgIpc) is 2.04. The average molecular weight is 153 g/mol. The molecule has 4 heteroatoms. The van der Waals surface area contributed by atoms with Gasteiger partial charge in [-0.3, -0.25) is 4.79 Å². The van der Waals surface area contributed by atoms with E-state index in [4.69, 9.17) is 9.84 Å². The first-order valence-corrected chi connectivity index (χ1v) is 2.96. The minimum Gasteiger partial charge on any atom is -0.506 e. The quantitative estimate of drug-likeness (QED) is 0.632. The first-order chi connectivity index (χ1) is 5.27. The third kappa shape index (κ3) is 1.46. The van der Waals surface area contributed by atoms with Crippen LogP contribution in [-0.4, -0.2) is 23.5 Å². The van der Waals surface area contributed by atoms with Crippen molar-refractivity contribution in [2.24, 2.45) is 0 Å². The third-order valence-corrected chi connectivity index (χ3v) is 1.18. The third-order valence-electron chi connectivity index (χ3n) is 1.18. The number of hydrogen-bond acceptors (Lipinski definition) is 4. The van der Waals surface area contributed by atoms with Gasteiger partial charge < -0.3 is 9.84 Å². The van der Waals surface area contributed by atoms with Crippen molar-refractivity contribution < 1.29 is 14.6 Å². The zero-order valence-corrected chi connectivity index (χ0v) is 5.94. The van der Waals surface area contributed by atoms with Crippen molar-refractivity contribution in [1.29, 1.82) is 0 Å². The van der Waals surface area contributed by atoms with E-state index in [-0.39, 0.29) is 17.2 Å². The standard InChI is InChI=1S/C7H7NO3/c1-11-7-5(4-9)2-6(10)3-8-7/h2-4,10H,1H3. The Morgan fingerprint density at radius 2 is 2.45 bits per heavy atom. The fourth-order valence-electron chi connectivity index (χ4n) is 0.713. The van der Waals surface area contributed by atoms with Crippen LogP contribution in [0.25, 0.3) is 0 Å². The number of aromatic hydroxyl groups is 1. The summed E-state index contributed by atoms with van der Waals surface area (Å²) in [4.78, 5) is 14.0. The van der Waals surface area contributed by atoms with Crippen molar-refractivity contribution in [3.63, 3.8) is 0 Å². The molecule has 0 aromatic carbocycles. The molecule has 0 unspecified atom stereocenters. The minimum atomic E-state index is -0.0482. The van der Waals surface area contributed by atoms with Crippen molar-refractivity contribution in [2.75, 3.05) is 7.11 Å². The summed E-state index contributed by atoms with van der Waals surface area (Å²) in [6.45, 7) is 0. The number of aldehydes is 1. The molecular weight excluding hydrogens is 146 g/mol. The topological polar surface area (TPSA) is 59.4 Å². The summed E-state index contributed by atoms with van der Waals surface area (Å²) < 4.78 is 4.74. The van der Waals surface area contributed by atoms with Gasteiger partial charge in [-0.15, -0.1) is 0 Å². The molecule has 4 nitrogen and oxygen atoms in total. The molecule has 0 aliphatic carbocycles. The molecule has 0 fully saturated rings. The number of rotatable bonds is 2. The number of aromatic nitrogens is 1. The van der Waals surface area contributed by atoms with Gasteiger partial charge in [0.1, 0.15) is 5.75 Å². The van der Waals surface area contributed by atoms with E-state index in [1.165, 1.54) is 19.4 Å². The molecule has 0 saturated heterocycles. The first-order valence-electron chi connectivity index (χ1n) is 2.96. The van der Waals surface area contributed by atoms with Gasteiger partial charge in [-0.25, -0.2) is 4.98 Å². The van der Waals surface area contributed by atoms with E-state index in [9.17, 15) is 4.79 Å². The minimum absolute atomic E-state index is 0.0482. The highest BCUT2D eigenvalue weighted by Gasteiger charge is 2.02. The lowest BCUT2D eigenvalue weighted by molar-refractivity contribution is 0.111. The normalized spacial score (nSPS) is 9.18. The van der Waals surface area contributed by atoms with Crippen LogP contribution in [0.1, 0.15) is 10.4 Å². The van der Waals surface area contributed by atoms with E-state index in [1.807, 2.05) is 0 Å². The molecule has 0 aliphatic rings. The molecule has 0 aliphatic heterocycles. The second-order valence-corrected chi connectivity index (χ2v) is 1.91. The Bertz CT molecular complexity index is 272. The van der Waals surface area contributed by atoms with E-state index in [0.717, 1.165) is 0 Å². The summed E-state index contributed by atoms with van der Waals surface area (Å²) in [5.41, 5.74) is 0.243. The number of pyridine rings is 1. The van der Waals surface area contributed by atoms with Gasteiger partial charge in [0.25, 0.3) is 0 Å². The monoisotopic (exact) mass is 153 g/mol. The fourth-order valence-corrected chi connectivity index (χ4v) is 0.713. The predicted octanol–water partition coefficient (Wildman–Crippen LogP) is 0.608. The highest BCUT2D eigenvalue weighted by atomic mass is 16.5. The maximum Gasteiger partial charge on any atom is 0.224 e. The van der Waals surface area contributed by atoms with Gasteiger partial charge in [0.15, 0.2) is 6.29 Å². The Morgan fingerprint density at radius 3 is 3.00 bits per heavy atom. The van der Waals surface area contributed by atoms with Crippen LogP contribution in [0.5, 0.6) is 11.6 Å². The molecule has 58 valence electrons. The zero-order valence-electron chi connectivity index (χ0n) is 5.94. The molecule has 1 aromatic rings. The van der Waals surface area contributed by atoms with Crippen LogP contribution in [0.3, 0.4) is 0 Å². The summed E-state index contributed by atoms with van der Waals surface area (Å²) in [6, 6.07) is 1.29. The van der Waals surface area contributed by atoms with Crippen molar-refractivity contribution >= 4 is 6.29 Å². The Balaban J connectivity index is 3.16. The number of nitrogens with zero attached hydrogens (tertiary/aromatic N) is 1. The molecule has 1 rings (SSSR count). The van der Waals surface area contributed by atoms with Crippen LogP contribution < -0.4 is 4.74 Å². The van der Waals surface area contributed by atoms with Crippen LogP contribution in [0.2, 0.25) is 0 Å². The first kappa shape index (κ1) is 7.53. The number of carbonyl (C=O) groups excluding carboxylic acids is 1. The second kappa shape index (κ2) is 3.01. The number of ether oxygens (including phenoxy) is 1. The number of hydrogen-bond donors (Lipinski definition) is 1. The van der Waals surface area contributed by atoms with Gasteiger partial charge in [-0.05, 0) is 6.07 Å². The highest BCUT2D eigenvalue weighted by molar-refractivity contribution is 5.78. The largest absolute Gasteiger partial charge is 0.506 e. The Kier molecular flexibility index (Phi) is 2.06. The maximum absolute atomic E-state index is 10.3. The molecule has 0 spiro atoms. The van der Waals surface area contributed by atoms with Crippen LogP contribution in [0, 0.1) is 0 Å². The van der Waals surface area contributed by atoms with Gasteiger partial charge in [0.2, 0.25) is 5.88 Å². The predicted molar refractivity (Wildman–Crippen MR) is 37.8 cm³/mol. The van der Waals surface area contributed by atoms with Crippen LogP contribution >= 0.6 is 0 Å². The Morgan fingerprint density at radius 1 is 1.73 bits per heavy atom. The molecule has 0 bridgehead atoms. The Hall–Kier alpha value is -1.58. The smallest absolute Gasteiger partial charge is 0.224 e. The summed E-state index contributed by atoms with van der Waals surface area (Å²) in [5, 5.41) is 8.89. The maximum atomic E-state index is 10.3. The number of methoxy groups -OCH3 is 1. The molecule has 1 heterocycles. The lowest BCUT2D eigenvalue weighted by atomic mass is 10.3.